The summed E-state index contributed by atoms with van der Waals surface area (Å²) in [6.45, 7) is 0. The number of rotatable bonds is 5. The Balaban J connectivity index is 1.87. The number of nitro benzene ring substituents is 1. The molecule has 0 atom stereocenters. The van der Waals surface area contributed by atoms with Gasteiger partial charge in [0.1, 0.15) is 0 Å². The first-order valence-corrected chi connectivity index (χ1v) is 7.15. The van der Waals surface area contributed by atoms with Crippen LogP contribution in [0.4, 0.5) is 5.69 Å². The van der Waals surface area contributed by atoms with E-state index in [1.165, 1.54) is 18.3 Å². The fourth-order valence-electron chi connectivity index (χ4n) is 1.69. The lowest BCUT2D eigenvalue weighted by Crippen LogP contribution is -2.19. The van der Waals surface area contributed by atoms with Gasteiger partial charge in [-0.15, -0.1) is 0 Å². The van der Waals surface area contributed by atoms with Crippen LogP contribution in [0.2, 0.25) is 0 Å². The highest BCUT2D eigenvalue weighted by atomic mass is 79.9. The molecule has 7 heteroatoms. The predicted molar refractivity (Wildman–Crippen MR) is 86.7 cm³/mol. The molecule has 112 valence electrons. The van der Waals surface area contributed by atoms with Crippen LogP contribution in [0, 0.1) is 10.1 Å². The summed E-state index contributed by atoms with van der Waals surface area (Å²) in [4.78, 5) is 21.8. The number of halogens is 1. The lowest BCUT2D eigenvalue weighted by molar-refractivity contribution is -0.384. The van der Waals surface area contributed by atoms with E-state index in [9.17, 15) is 14.9 Å². The van der Waals surface area contributed by atoms with Crippen molar-refractivity contribution in [1.82, 2.24) is 5.43 Å². The van der Waals surface area contributed by atoms with Crippen molar-refractivity contribution in [1.29, 1.82) is 0 Å². The van der Waals surface area contributed by atoms with Crippen molar-refractivity contribution in [2.45, 2.75) is 6.42 Å². The number of carbonyl (C=O) groups excluding carboxylic acids is 1. The number of nitro groups is 1. The van der Waals surface area contributed by atoms with Crippen LogP contribution in [0.25, 0.3) is 0 Å². The first kappa shape index (κ1) is 15.8. The molecule has 0 aliphatic rings. The van der Waals surface area contributed by atoms with Crippen molar-refractivity contribution >= 4 is 33.7 Å². The van der Waals surface area contributed by atoms with Crippen LogP contribution >= 0.6 is 15.9 Å². The minimum atomic E-state index is -0.471. The van der Waals surface area contributed by atoms with Crippen molar-refractivity contribution in [2.75, 3.05) is 0 Å². The van der Waals surface area contributed by atoms with Gasteiger partial charge in [-0.2, -0.15) is 5.10 Å². The molecule has 0 fully saturated rings. The van der Waals surface area contributed by atoms with Crippen LogP contribution < -0.4 is 5.43 Å². The summed E-state index contributed by atoms with van der Waals surface area (Å²) in [5.74, 6) is -0.236. The molecule has 0 saturated heterocycles. The highest BCUT2D eigenvalue weighted by molar-refractivity contribution is 9.10. The molecule has 2 rings (SSSR count). The minimum absolute atomic E-state index is 0.0106. The number of hydrogen-bond donors (Lipinski definition) is 1. The highest BCUT2D eigenvalue weighted by Gasteiger charge is 2.03. The van der Waals surface area contributed by atoms with Gasteiger partial charge in [0, 0.05) is 16.6 Å². The molecule has 0 radical (unpaired) electrons. The van der Waals surface area contributed by atoms with Crippen LogP contribution in [-0.4, -0.2) is 17.0 Å². The molecule has 1 amide bonds. The van der Waals surface area contributed by atoms with Gasteiger partial charge in [0.15, 0.2) is 0 Å². The molecule has 1 N–H and O–H groups in total. The Kier molecular flexibility index (Phi) is 5.37. The Bertz CT molecular complexity index is 697. The second kappa shape index (κ2) is 7.46. The van der Waals surface area contributed by atoms with Crippen LogP contribution in [0.5, 0.6) is 0 Å². The van der Waals surface area contributed by atoms with Crippen molar-refractivity contribution < 1.29 is 9.72 Å². The Morgan fingerprint density at radius 2 is 1.82 bits per heavy atom. The zero-order chi connectivity index (χ0) is 15.9. The van der Waals surface area contributed by atoms with Crippen LogP contribution in [0.3, 0.4) is 0 Å². The molecule has 0 aromatic heterocycles. The number of amides is 1. The van der Waals surface area contributed by atoms with Gasteiger partial charge < -0.3 is 0 Å². The van der Waals surface area contributed by atoms with E-state index in [0.717, 1.165) is 10.0 Å². The molecule has 0 unspecified atom stereocenters. The smallest absolute Gasteiger partial charge is 0.269 e. The molecule has 0 aliphatic heterocycles. The van der Waals surface area contributed by atoms with E-state index in [2.05, 4.69) is 26.5 Å². The van der Waals surface area contributed by atoms with Crippen molar-refractivity contribution in [2.24, 2.45) is 5.10 Å². The van der Waals surface area contributed by atoms with Crippen molar-refractivity contribution in [3.63, 3.8) is 0 Å². The van der Waals surface area contributed by atoms with Gasteiger partial charge in [0.2, 0.25) is 5.91 Å². The summed E-state index contributed by atoms with van der Waals surface area (Å²) in [6.07, 6.45) is 1.66. The van der Waals surface area contributed by atoms with Gasteiger partial charge >= 0.3 is 0 Å². The molecule has 0 heterocycles. The summed E-state index contributed by atoms with van der Waals surface area (Å²) >= 11 is 3.33. The largest absolute Gasteiger partial charge is 0.273 e. The van der Waals surface area contributed by atoms with Gasteiger partial charge in [-0.05, 0) is 35.4 Å². The van der Waals surface area contributed by atoms with E-state index in [4.69, 9.17) is 0 Å². The molecular weight excluding hydrogens is 350 g/mol. The Morgan fingerprint density at radius 1 is 1.18 bits per heavy atom. The summed E-state index contributed by atoms with van der Waals surface area (Å²) in [5.41, 5.74) is 3.97. The molecule has 2 aromatic rings. The van der Waals surface area contributed by atoms with E-state index >= 15 is 0 Å². The second-order valence-corrected chi connectivity index (χ2v) is 5.36. The van der Waals surface area contributed by atoms with Gasteiger partial charge in [-0.25, -0.2) is 5.43 Å². The van der Waals surface area contributed by atoms with E-state index in [1.807, 2.05) is 24.3 Å². The van der Waals surface area contributed by atoms with Gasteiger partial charge in [-0.3, -0.25) is 14.9 Å². The monoisotopic (exact) mass is 361 g/mol. The van der Waals surface area contributed by atoms with E-state index < -0.39 is 4.92 Å². The summed E-state index contributed by atoms with van der Waals surface area (Å²) in [5, 5.41) is 14.3. The molecule has 0 bridgehead atoms. The number of nitrogens with zero attached hydrogens (tertiary/aromatic N) is 2. The molecular formula is C15H12BrN3O3. The fraction of sp³-hybridized carbons (Fsp3) is 0.0667. The average Bonchev–Trinajstić information content (AvgIpc) is 2.50. The average molecular weight is 362 g/mol. The third-order valence-electron chi connectivity index (χ3n) is 2.78. The van der Waals surface area contributed by atoms with Gasteiger partial charge in [-0.1, -0.05) is 28.1 Å². The standard InChI is InChI=1S/C15H12BrN3O3/c16-13-5-1-11(2-6-13)9-15(20)18-17-10-12-3-7-14(8-4-12)19(21)22/h1-8,10H,9H2,(H,18,20)/b17-10+. The molecule has 6 nitrogen and oxygen atoms in total. The normalized spacial score (nSPS) is 10.6. The topological polar surface area (TPSA) is 84.6 Å². The lowest BCUT2D eigenvalue weighted by atomic mass is 10.1. The first-order chi connectivity index (χ1) is 10.5. The van der Waals surface area contributed by atoms with Gasteiger partial charge in [0.05, 0.1) is 17.6 Å². The highest BCUT2D eigenvalue weighted by Crippen LogP contribution is 2.11. The number of hydrogen-bond acceptors (Lipinski definition) is 4. The number of benzene rings is 2. The van der Waals surface area contributed by atoms with Crippen LogP contribution in [0.15, 0.2) is 58.1 Å². The number of nitrogens with one attached hydrogen (secondary N) is 1. The zero-order valence-corrected chi connectivity index (χ0v) is 13.0. The maximum absolute atomic E-state index is 11.7. The fourth-order valence-corrected chi connectivity index (χ4v) is 1.95. The Morgan fingerprint density at radius 3 is 2.41 bits per heavy atom. The zero-order valence-electron chi connectivity index (χ0n) is 11.4. The van der Waals surface area contributed by atoms with Crippen molar-refractivity contribution in [3.05, 3.63) is 74.2 Å². The van der Waals surface area contributed by atoms with Gasteiger partial charge in [0.25, 0.3) is 5.69 Å². The van der Waals surface area contributed by atoms with E-state index in [1.54, 1.807) is 12.1 Å². The quantitative estimate of drug-likeness (QED) is 0.504. The molecule has 0 saturated carbocycles. The number of non-ortho nitro benzene ring substituents is 1. The molecule has 2 aromatic carbocycles. The SMILES string of the molecule is O=C(Cc1ccc(Br)cc1)N/N=C/c1ccc([N+](=O)[O-])cc1. The second-order valence-electron chi connectivity index (χ2n) is 4.45. The van der Waals surface area contributed by atoms with E-state index in [0.29, 0.717) is 5.56 Å². The molecule has 0 spiro atoms. The maximum atomic E-state index is 11.7. The van der Waals surface area contributed by atoms with Crippen molar-refractivity contribution in [3.8, 4) is 0 Å². The third-order valence-corrected chi connectivity index (χ3v) is 3.31. The van der Waals surface area contributed by atoms with Crippen LogP contribution in [-0.2, 0) is 11.2 Å². The number of hydrazone groups is 1. The summed E-state index contributed by atoms with van der Waals surface area (Å²) < 4.78 is 0.952. The molecule has 0 aliphatic carbocycles. The maximum Gasteiger partial charge on any atom is 0.269 e. The summed E-state index contributed by atoms with van der Waals surface area (Å²) in [7, 11) is 0. The van der Waals surface area contributed by atoms with Crippen LogP contribution in [0.1, 0.15) is 11.1 Å². The minimum Gasteiger partial charge on any atom is -0.273 e. The Labute approximate surface area is 135 Å². The summed E-state index contributed by atoms with van der Waals surface area (Å²) in [6, 6.07) is 13.3. The molecule has 22 heavy (non-hydrogen) atoms. The predicted octanol–water partition coefficient (Wildman–Crippen LogP) is 3.05. The number of carbonyl (C=O) groups is 1. The first-order valence-electron chi connectivity index (χ1n) is 6.35. The van der Waals surface area contributed by atoms with E-state index in [-0.39, 0.29) is 18.0 Å². The lowest BCUT2D eigenvalue weighted by Gasteiger charge is -2.00. The third kappa shape index (κ3) is 4.78. The Hall–Kier alpha value is -2.54.